The van der Waals surface area contributed by atoms with E-state index in [0.29, 0.717) is 0 Å². The van der Waals surface area contributed by atoms with Crippen LogP contribution in [0.1, 0.15) is 68.2 Å². The second kappa shape index (κ2) is 6.44. The highest BCUT2D eigenvalue weighted by atomic mass is 14.4. The Balaban J connectivity index is 2.87. The van der Waals surface area contributed by atoms with Gasteiger partial charge in [0.2, 0.25) is 0 Å². The van der Waals surface area contributed by atoms with E-state index in [1.165, 1.54) is 12.8 Å². The molecule has 0 bridgehead atoms. The van der Waals surface area contributed by atoms with E-state index in [2.05, 4.69) is 55.4 Å². The first-order chi connectivity index (χ1) is 8.25. The van der Waals surface area contributed by atoms with Crippen molar-refractivity contribution in [3.8, 4) is 0 Å². The van der Waals surface area contributed by atoms with Gasteiger partial charge in [0.15, 0.2) is 0 Å². The number of rotatable bonds is 4. The van der Waals surface area contributed by atoms with Crippen molar-refractivity contribution in [2.75, 3.05) is 0 Å². The molecule has 108 valence electrons. The molecule has 1 rings (SSSR count). The summed E-state index contributed by atoms with van der Waals surface area (Å²) in [6.07, 6.45) is 2.94. The Morgan fingerprint density at radius 1 is 0.722 bits per heavy atom. The lowest BCUT2D eigenvalue weighted by atomic mass is 9.59. The first kappa shape index (κ1) is 16.1. The molecule has 0 aromatic rings. The smallest absolute Gasteiger partial charge is 0.0355 e. The van der Waals surface area contributed by atoms with Gasteiger partial charge in [0, 0.05) is 0 Å². The SMILES string of the molecule is CC(C)C1CC(C(C)C)C(C)C(C(C)C(C)C)C1. The zero-order chi connectivity index (χ0) is 14.0. The van der Waals surface area contributed by atoms with E-state index in [-0.39, 0.29) is 0 Å². The molecule has 18 heavy (non-hydrogen) atoms. The molecule has 1 saturated carbocycles. The fourth-order valence-corrected chi connectivity index (χ4v) is 4.15. The quantitative estimate of drug-likeness (QED) is 0.587. The highest BCUT2D eigenvalue weighted by Crippen LogP contribution is 2.47. The normalized spacial score (nSPS) is 35.5. The molecular formula is C18H36. The van der Waals surface area contributed by atoms with E-state index < -0.39 is 0 Å². The fraction of sp³-hybridized carbons (Fsp3) is 1.00. The molecule has 1 aliphatic carbocycles. The first-order valence-electron chi connectivity index (χ1n) is 8.25. The van der Waals surface area contributed by atoms with Gasteiger partial charge in [-0.1, -0.05) is 55.4 Å². The van der Waals surface area contributed by atoms with Crippen molar-refractivity contribution < 1.29 is 0 Å². The molecule has 0 saturated heterocycles. The van der Waals surface area contributed by atoms with Crippen LogP contribution in [0.15, 0.2) is 0 Å². The second-order valence-corrected chi connectivity index (χ2v) is 8.01. The van der Waals surface area contributed by atoms with Crippen LogP contribution in [-0.2, 0) is 0 Å². The second-order valence-electron chi connectivity index (χ2n) is 8.01. The van der Waals surface area contributed by atoms with Gasteiger partial charge < -0.3 is 0 Å². The maximum absolute atomic E-state index is 2.53. The van der Waals surface area contributed by atoms with Gasteiger partial charge in [-0.2, -0.15) is 0 Å². The molecule has 0 amide bonds. The van der Waals surface area contributed by atoms with Crippen molar-refractivity contribution in [2.24, 2.45) is 47.3 Å². The summed E-state index contributed by atoms with van der Waals surface area (Å²) in [5.41, 5.74) is 0. The lowest BCUT2D eigenvalue weighted by Gasteiger charge is -2.47. The number of hydrogen-bond donors (Lipinski definition) is 0. The summed E-state index contributed by atoms with van der Waals surface area (Å²) in [6, 6.07) is 0. The summed E-state index contributed by atoms with van der Waals surface area (Å²) in [6.45, 7) is 19.5. The average molecular weight is 252 g/mol. The maximum atomic E-state index is 2.53. The van der Waals surface area contributed by atoms with Crippen LogP contribution in [0.5, 0.6) is 0 Å². The summed E-state index contributed by atoms with van der Waals surface area (Å²) in [4.78, 5) is 0. The molecule has 0 spiro atoms. The number of hydrogen-bond acceptors (Lipinski definition) is 0. The van der Waals surface area contributed by atoms with Crippen molar-refractivity contribution in [3.63, 3.8) is 0 Å². The van der Waals surface area contributed by atoms with Crippen LogP contribution in [0.3, 0.4) is 0 Å². The van der Waals surface area contributed by atoms with E-state index >= 15 is 0 Å². The highest BCUT2D eigenvalue weighted by Gasteiger charge is 2.40. The standard InChI is InChI=1S/C18H36/c1-11(2)14(7)18-10-16(12(3)4)9-17(13(5)6)15(18)8/h11-18H,9-10H2,1-8H3. The summed E-state index contributed by atoms with van der Waals surface area (Å²) >= 11 is 0. The van der Waals surface area contributed by atoms with E-state index in [9.17, 15) is 0 Å². The third kappa shape index (κ3) is 3.52. The third-order valence-electron chi connectivity index (χ3n) is 6.03. The van der Waals surface area contributed by atoms with Crippen molar-refractivity contribution in [1.29, 1.82) is 0 Å². The van der Waals surface area contributed by atoms with Crippen LogP contribution in [0.25, 0.3) is 0 Å². The minimum Gasteiger partial charge on any atom is -0.0625 e. The van der Waals surface area contributed by atoms with Crippen molar-refractivity contribution in [1.82, 2.24) is 0 Å². The van der Waals surface area contributed by atoms with Gasteiger partial charge in [0.05, 0.1) is 0 Å². The van der Waals surface area contributed by atoms with E-state index in [0.717, 1.165) is 47.3 Å². The van der Waals surface area contributed by atoms with Crippen LogP contribution in [0.2, 0.25) is 0 Å². The molecule has 1 fully saturated rings. The van der Waals surface area contributed by atoms with Gasteiger partial charge in [-0.25, -0.2) is 0 Å². The van der Waals surface area contributed by atoms with Crippen LogP contribution >= 0.6 is 0 Å². The van der Waals surface area contributed by atoms with Gasteiger partial charge in [0.1, 0.15) is 0 Å². The average Bonchev–Trinajstić information content (AvgIpc) is 2.27. The maximum Gasteiger partial charge on any atom is -0.0355 e. The molecule has 0 N–H and O–H groups in total. The monoisotopic (exact) mass is 252 g/mol. The summed E-state index contributed by atoms with van der Waals surface area (Å²) in [7, 11) is 0. The highest BCUT2D eigenvalue weighted by molar-refractivity contribution is 4.89. The minimum atomic E-state index is 0.830. The van der Waals surface area contributed by atoms with Gasteiger partial charge >= 0.3 is 0 Å². The summed E-state index contributed by atoms with van der Waals surface area (Å²) in [5.74, 6) is 7.18. The van der Waals surface area contributed by atoms with Crippen molar-refractivity contribution in [3.05, 3.63) is 0 Å². The summed E-state index contributed by atoms with van der Waals surface area (Å²) < 4.78 is 0. The van der Waals surface area contributed by atoms with Crippen LogP contribution < -0.4 is 0 Å². The molecule has 0 nitrogen and oxygen atoms in total. The largest absolute Gasteiger partial charge is 0.0625 e. The van der Waals surface area contributed by atoms with Crippen molar-refractivity contribution >= 4 is 0 Å². The Hall–Kier alpha value is 0. The Labute approximate surface area is 116 Å². The minimum absolute atomic E-state index is 0.830. The lowest BCUT2D eigenvalue weighted by Crippen LogP contribution is -2.39. The third-order valence-corrected chi connectivity index (χ3v) is 6.03. The first-order valence-corrected chi connectivity index (χ1v) is 8.25. The molecule has 0 aromatic heterocycles. The summed E-state index contributed by atoms with van der Waals surface area (Å²) in [5, 5.41) is 0. The Bertz CT molecular complexity index is 238. The predicted molar refractivity (Wildman–Crippen MR) is 82.5 cm³/mol. The Kier molecular flexibility index (Phi) is 5.74. The molecule has 0 radical (unpaired) electrons. The van der Waals surface area contributed by atoms with Crippen LogP contribution in [0.4, 0.5) is 0 Å². The molecule has 5 atom stereocenters. The molecule has 5 unspecified atom stereocenters. The van der Waals surface area contributed by atoms with Crippen LogP contribution in [0, 0.1) is 47.3 Å². The molecule has 0 heteroatoms. The fourth-order valence-electron chi connectivity index (χ4n) is 4.15. The van der Waals surface area contributed by atoms with Crippen LogP contribution in [-0.4, -0.2) is 0 Å². The van der Waals surface area contributed by atoms with Gasteiger partial charge in [-0.3, -0.25) is 0 Å². The van der Waals surface area contributed by atoms with Gasteiger partial charge in [-0.05, 0) is 60.2 Å². The van der Waals surface area contributed by atoms with E-state index in [1.54, 1.807) is 0 Å². The molecule has 0 aliphatic heterocycles. The molecule has 1 aliphatic rings. The molecule has 0 aromatic carbocycles. The van der Waals surface area contributed by atoms with E-state index in [4.69, 9.17) is 0 Å². The zero-order valence-electron chi connectivity index (χ0n) is 14.0. The Morgan fingerprint density at radius 2 is 1.22 bits per heavy atom. The topological polar surface area (TPSA) is 0 Å². The molecule has 0 heterocycles. The molecular weight excluding hydrogens is 216 g/mol. The van der Waals surface area contributed by atoms with Gasteiger partial charge in [0.25, 0.3) is 0 Å². The van der Waals surface area contributed by atoms with E-state index in [1.807, 2.05) is 0 Å². The zero-order valence-corrected chi connectivity index (χ0v) is 14.0. The van der Waals surface area contributed by atoms with Crippen molar-refractivity contribution in [2.45, 2.75) is 68.2 Å². The Morgan fingerprint density at radius 3 is 1.61 bits per heavy atom. The predicted octanol–water partition coefficient (Wildman–Crippen LogP) is 5.87. The lowest BCUT2D eigenvalue weighted by molar-refractivity contribution is 0.0254. The van der Waals surface area contributed by atoms with Gasteiger partial charge in [-0.15, -0.1) is 0 Å².